The van der Waals surface area contributed by atoms with E-state index in [2.05, 4.69) is 10.3 Å². The Balaban J connectivity index is 1.87. The van der Waals surface area contributed by atoms with Crippen LogP contribution in [-0.4, -0.2) is 70.3 Å². The van der Waals surface area contributed by atoms with Crippen molar-refractivity contribution >= 4 is 34.6 Å². The Morgan fingerprint density at radius 3 is 2.45 bits per heavy atom. The molecule has 0 bridgehead atoms. The molecule has 9 nitrogen and oxygen atoms in total. The summed E-state index contributed by atoms with van der Waals surface area (Å²) in [6.45, 7) is 2.79. The molecule has 1 aromatic carbocycles. The number of hydrogen-bond donors (Lipinski definition) is 3. The van der Waals surface area contributed by atoms with Gasteiger partial charge in [0.15, 0.2) is 5.12 Å². The maximum Gasteiger partial charge on any atom is 0.321 e. The molecule has 0 amide bonds. The molecule has 0 spiro atoms. The van der Waals surface area contributed by atoms with Gasteiger partial charge in [0.1, 0.15) is 24.2 Å². The molecule has 3 N–H and O–H groups in total. The van der Waals surface area contributed by atoms with Crippen LogP contribution in [-0.2, 0) is 20.8 Å². The van der Waals surface area contributed by atoms with Gasteiger partial charge in [-0.1, -0.05) is 30.0 Å². The van der Waals surface area contributed by atoms with Gasteiger partial charge >= 0.3 is 11.9 Å². The second kappa shape index (κ2) is 13.4. The van der Waals surface area contributed by atoms with Crippen LogP contribution in [0.5, 0.6) is 5.75 Å². The second-order valence-electron chi connectivity index (χ2n) is 7.43. The fraction of sp³-hybridized carbons (Fsp3) is 0.391. The number of nitrogens with one attached hydrogen (secondary N) is 1. The van der Waals surface area contributed by atoms with E-state index in [1.54, 1.807) is 6.20 Å². The van der Waals surface area contributed by atoms with Crippen molar-refractivity contribution in [1.29, 1.82) is 0 Å². The third-order valence-electron chi connectivity index (χ3n) is 4.72. The van der Waals surface area contributed by atoms with Crippen molar-refractivity contribution in [2.45, 2.75) is 31.1 Å². The number of aromatic nitrogens is 1. The zero-order chi connectivity index (χ0) is 24.2. The van der Waals surface area contributed by atoms with Gasteiger partial charge < -0.3 is 25.2 Å². The van der Waals surface area contributed by atoms with Crippen molar-refractivity contribution in [1.82, 2.24) is 10.3 Å². The third kappa shape index (κ3) is 9.92. The molecule has 0 fully saturated rings. The van der Waals surface area contributed by atoms with E-state index >= 15 is 0 Å². The van der Waals surface area contributed by atoms with Crippen LogP contribution in [0.4, 0.5) is 5.82 Å². The van der Waals surface area contributed by atoms with Crippen molar-refractivity contribution in [3.8, 4) is 5.75 Å². The number of carboxylic acids is 2. The zero-order valence-corrected chi connectivity index (χ0v) is 19.5. The topological polar surface area (TPSA) is 129 Å². The average molecular weight is 476 g/mol. The Bertz CT molecular complexity index is 910. The van der Waals surface area contributed by atoms with E-state index in [-0.39, 0.29) is 16.9 Å². The average Bonchev–Trinajstić information content (AvgIpc) is 2.77. The van der Waals surface area contributed by atoms with Gasteiger partial charge in [0.25, 0.3) is 0 Å². The van der Waals surface area contributed by atoms with Crippen molar-refractivity contribution in [2.75, 3.05) is 31.6 Å². The highest BCUT2D eigenvalue weighted by atomic mass is 32.2. The first kappa shape index (κ1) is 26.1. The van der Waals surface area contributed by atoms with Gasteiger partial charge in [-0.2, -0.15) is 0 Å². The molecule has 1 aromatic heterocycles. The number of nitrogens with zero attached hydrogens (tertiary/aromatic N) is 2. The number of carbonyl (C=O) groups is 3. The van der Waals surface area contributed by atoms with Gasteiger partial charge in [0.05, 0.1) is 13.0 Å². The molecule has 0 saturated heterocycles. The summed E-state index contributed by atoms with van der Waals surface area (Å²) >= 11 is 1.10. The highest BCUT2D eigenvalue weighted by Crippen LogP contribution is 2.20. The minimum atomic E-state index is -1.24. The highest BCUT2D eigenvalue weighted by molar-refractivity contribution is 8.14. The predicted octanol–water partition coefficient (Wildman–Crippen LogP) is 2.31. The molecule has 0 saturated carbocycles. The molecule has 2 aromatic rings. The molecular weight excluding hydrogens is 446 g/mol. The number of rotatable bonds is 14. The quantitative estimate of drug-likeness (QED) is 0.374. The molecule has 0 aliphatic rings. The van der Waals surface area contributed by atoms with Crippen LogP contribution in [0, 0.1) is 0 Å². The lowest BCUT2D eigenvalue weighted by atomic mass is 10.1. The fourth-order valence-corrected chi connectivity index (χ4v) is 3.99. The lowest BCUT2D eigenvalue weighted by Crippen LogP contribution is -2.42. The first-order chi connectivity index (χ1) is 15.7. The molecule has 0 radical (unpaired) electrons. The molecular formula is C23H29N3O6S. The monoisotopic (exact) mass is 475 g/mol. The number of likely N-dealkylation sites (N-methyl/N-ethyl adjacent to an activating group) is 1. The maximum atomic E-state index is 11.6. The Hall–Kier alpha value is -3.11. The van der Waals surface area contributed by atoms with Gasteiger partial charge in [-0.3, -0.25) is 14.4 Å². The standard InChI is InChI=1S/C23H29N3O6S/c1-16(27)33-19(15-25-20(23(30)31)14-22(28)29)13-17-6-8-18(9-7-17)32-12-11-26(2)21-5-3-4-10-24-21/h3-10,19-20,25H,11-15H2,1-2H3,(H,28,29)(H,30,31). The van der Waals surface area contributed by atoms with Crippen LogP contribution in [0.2, 0.25) is 0 Å². The van der Waals surface area contributed by atoms with Crippen LogP contribution >= 0.6 is 11.8 Å². The van der Waals surface area contributed by atoms with E-state index in [1.165, 1.54) is 6.92 Å². The number of carboxylic acid groups (broad SMARTS) is 2. The third-order valence-corrected chi connectivity index (χ3v) is 5.72. The van der Waals surface area contributed by atoms with E-state index in [0.29, 0.717) is 19.6 Å². The minimum Gasteiger partial charge on any atom is -0.492 e. The molecule has 1 heterocycles. The number of anilines is 1. The number of hydrogen-bond acceptors (Lipinski definition) is 8. The van der Waals surface area contributed by atoms with E-state index in [1.807, 2.05) is 54.4 Å². The molecule has 0 aliphatic carbocycles. The fourth-order valence-electron chi connectivity index (χ4n) is 3.06. The van der Waals surface area contributed by atoms with Crippen LogP contribution in [0.3, 0.4) is 0 Å². The number of pyridine rings is 1. The molecule has 178 valence electrons. The van der Waals surface area contributed by atoms with Gasteiger partial charge in [-0.05, 0) is 36.2 Å². The molecule has 2 atom stereocenters. The normalized spacial score (nSPS) is 12.5. The Kier molecular flexibility index (Phi) is 10.6. The van der Waals surface area contributed by atoms with Gasteiger partial charge in [0.2, 0.25) is 0 Å². The molecule has 33 heavy (non-hydrogen) atoms. The predicted molar refractivity (Wildman–Crippen MR) is 127 cm³/mol. The zero-order valence-electron chi connectivity index (χ0n) is 18.6. The van der Waals surface area contributed by atoms with Crippen LogP contribution in [0.15, 0.2) is 48.7 Å². The summed E-state index contributed by atoms with van der Waals surface area (Å²) in [4.78, 5) is 40.0. The van der Waals surface area contributed by atoms with E-state index < -0.39 is 24.4 Å². The summed E-state index contributed by atoms with van der Waals surface area (Å²) in [7, 11) is 1.95. The van der Waals surface area contributed by atoms with Crippen molar-refractivity contribution in [2.24, 2.45) is 0 Å². The Labute approximate surface area is 197 Å². The number of ether oxygens (including phenoxy) is 1. The van der Waals surface area contributed by atoms with Crippen LogP contribution < -0.4 is 15.0 Å². The minimum absolute atomic E-state index is 0.0936. The first-order valence-electron chi connectivity index (χ1n) is 10.4. The highest BCUT2D eigenvalue weighted by Gasteiger charge is 2.23. The smallest absolute Gasteiger partial charge is 0.321 e. The maximum absolute atomic E-state index is 11.6. The Morgan fingerprint density at radius 1 is 1.15 bits per heavy atom. The summed E-state index contributed by atoms with van der Waals surface area (Å²) in [6.07, 6.45) is 1.72. The van der Waals surface area contributed by atoms with E-state index in [0.717, 1.165) is 28.9 Å². The van der Waals surface area contributed by atoms with Gasteiger partial charge in [-0.15, -0.1) is 0 Å². The number of aliphatic carboxylic acids is 2. The number of thioether (sulfide) groups is 1. The largest absolute Gasteiger partial charge is 0.492 e. The van der Waals surface area contributed by atoms with Crippen molar-refractivity contribution < 1.29 is 29.3 Å². The molecule has 10 heteroatoms. The summed E-state index contributed by atoms with van der Waals surface area (Å²) in [5.41, 5.74) is 0.957. The van der Waals surface area contributed by atoms with E-state index in [4.69, 9.17) is 9.84 Å². The van der Waals surface area contributed by atoms with Gasteiger partial charge in [-0.25, -0.2) is 4.98 Å². The second-order valence-corrected chi connectivity index (χ2v) is 8.91. The van der Waals surface area contributed by atoms with Crippen LogP contribution in [0.25, 0.3) is 0 Å². The van der Waals surface area contributed by atoms with Crippen molar-refractivity contribution in [3.63, 3.8) is 0 Å². The molecule has 2 unspecified atom stereocenters. The SMILES string of the molecule is CC(=O)SC(CNC(CC(=O)O)C(=O)O)Cc1ccc(OCCN(C)c2ccccn2)cc1. The lowest BCUT2D eigenvalue weighted by Gasteiger charge is -2.19. The molecule has 2 rings (SSSR count). The summed E-state index contributed by atoms with van der Waals surface area (Å²) < 4.78 is 5.80. The number of benzene rings is 1. The summed E-state index contributed by atoms with van der Waals surface area (Å²) in [6, 6.07) is 12.0. The van der Waals surface area contributed by atoms with Crippen molar-refractivity contribution in [3.05, 3.63) is 54.2 Å². The summed E-state index contributed by atoms with van der Waals surface area (Å²) in [5.74, 6) is -0.853. The van der Waals surface area contributed by atoms with Crippen LogP contribution in [0.1, 0.15) is 18.9 Å². The first-order valence-corrected chi connectivity index (χ1v) is 11.3. The number of carbonyl (C=O) groups excluding carboxylic acids is 1. The lowest BCUT2D eigenvalue weighted by molar-refractivity contribution is -0.145. The molecule has 0 aliphatic heterocycles. The van der Waals surface area contributed by atoms with E-state index in [9.17, 15) is 19.5 Å². The van der Waals surface area contributed by atoms with Gasteiger partial charge in [0, 0.05) is 32.0 Å². The summed E-state index contributed by atoms with van der Waals surface area (Å²) in [5, 5.41) is 20.5. The Morgan fingerprint density at radius 2 is 1.88 bits per heavy atom.